The molecule has 8 nitrogen and oxygen atoms in total. The number of carbonyl (C=O) groups is 3. The summed E-state index contributed by atoms with van der Waals surface area (Å²) in [4.78, 5) is 36.9. The lowest BCUT2D eigenvalue weighted by Gasteiger charge is -2.07. The van der Waals surface area contributed by atoms with E-state index in [0.717, 1.165) is 12.3 Å². The highest BCUT2D eigenvalue weighted by Crippen LogP contribution is 2.17. The zero-order valence-corrected chi connectivity index (χ0v) is 9.47. The first-order valence-electron chi connectivity index (χ1n) is 4.81. The number of ether oxygens (including phenoxy) is 1. The van der Waals surface area contributed by atoms with Crippen LogP contribution in [0.2, 0.25) is 0 Å². The molecular formula is C10H11N3O5. The minimum atomic E-state index is -1.20. The lowest BCUT2D eigenvalue weighted by atomic mass is 10.2. The number of nitrogens with two attached hydrogens (primary N) is 1. The van der Waals surface area contributed by atoms with Gasteiger partial charge in [0, 0.05) is 6.20 Å². The number of hydrogen-bond donors (Lipinski definition) is 3. The molecule has 0 aromatic carbocycles. The number of aromatic carboxylic acids is 1. The number of rotatable bonds is 4. The van der Waals surface area contributed by atoms with Gasteiger partial charge < -0.3 is 15.6 Å². The zero-order chi connectivity index (χ0) is 13.7. The molecule has 0 bridgehead atoms. The van der Waals surface area contributed by atoms with E-state index in [9.17, 15) is 14.4 Å². The van der Waals surface area contributed by atoms with Crippen LogP contribution in [0.1, 0.15) is 20.8 Å². The average molecular weight is 253 g/mol. The van der Waals surface area contributed by atoms with E-state index in [2.05, 4.69) is 4.98 Å². The lowest BCUT2D eigenvalue weighted by molar-refractivity contribution is -0.118. The fourth-order valence-electron chi connectivity index (χ4n) is 1.12. The standard InChI is InChI=1S/C10H11N3O5/c1-18-6-2-5(10(16)17)4-12-8(6)9(15)13-7(14)3-11/h2,4H,3,11H2,1H3,(H,16,17)(H,13,14,15). The number of nitrogens with one attached hydrogen (secondary N) is 1. The molecule has 0 saturated carbocycles. The second-order valence-electron chi connectivity index (χ2n) is 3.16. The van der Waals surface area contributed by atoms with Crippen LogP contribution in [-0.2, 0) is 4.79 Å². The molecule has 0 saturated heterocycles. The summed E-state index contributed by atoms with van der Waals surface area (Å²) in [5.74, 6) is -2.73. The number of aromatic nitrogens is 1. The van der Waals surface area contributed by atoms with Crippen molar-refractivity contribution in [3.8, 4) is 5.75 Å². The summed E-state index contributed by atoms with van der Waals surface area (Å²) in [5.41, 5.74) is 4.72. The second-order valence-corrected chi connectivity index (χ2v) is 3.16. The summed E-state index contributed by atoms with van der Waals surface area (Å²) < 4.78 is 4.84. The van der Waals surface area contributed by atoms with Gasteiger partial charge in [-0.15, -0.1) is 0 Å². The van der Waals surface area contributed by atoms with Gasteiger partial charge in [-0.1, -0.05) is 0 Å². The largest absolute Gasteiger partial charge is 0.494 e. The van der Waals surface area contributed by atoms with E-state index in [1.807, 2.05) is 5.32 Å². The quantitative estimate of drug-likeness (QED) is 0.627. The molecule has 0 aliphatic carbocycles. The fraction of sp³-hybridized carbons (Fsp3) is 0.200. The number of pyridine rings is 1. The van der Waals surface area contributed by atoms with Gasteiger partial charge >= 0.3 is 5.97 Å². The molecule has 1 aromatic rings. The van der Waals surface area contributed by atoms with E-state index in [0.29, 0.717) is 0 Å². The van der Waals surface area contributed by atoms with Crippen LogP contribution in [-0.4, -0.2) is 41.5 Å². The Morgan fingerprint density at radius 2 is 2.17 bits per heavy atom. The molecule has 0 radical (unpaired) electrons. The molecule has 4 N–H and O–H groups in total. The van der Waals surface area contributed by atoms with Crippen LogP contribution in [0.5, 0.6) is 5.75 Å². The van der Waals surface area contributed by atoms with Crippen molar-refractivity contribution in [2.24, 2.45) is 5.73 Å². The van der Waals surface area contributed by atoms with Crippen LogP contribution in [0.15, 0.2) is 12.3 Å². The molecule has 18 heavy (non-hydrogen) atoms. The third-order valence-corrected chi connectivity index (χ3v) is 1.97. The van der Waals surface area contributed by atoms with E-state index >= 15 is 0 Å². The summed E-state index contributed by atoms with van der Waals surface area (Å²) in [6, 6.07) is 1.14. The Balaban J connectivity index is 3.05. The third kappa shape index (κ3) is 3.01. The highest BCUT2D eigenvalue weighted by Gasteiger charge is 2.18. The van der Waals surface area contributed by atoms with Crippen molar-refractivity contribution in [3.05, 3.63) is 23.5 Å². The minimum absolute atomic E-state index is 0.0442. The second kappa shape index (κ2) is 5.73. The molecule has 0 atom stereocenters. The third-order valence-electron chi connectivity index (χ3n) is 1.97. The summed E-state index contributed by atoms with van der Waals surface area (Å²) in [6.07, 6.45) is 0.993. The molecule has 1 rings (SSSR count). The van der Waals surface area contributed by atoms with Gasteiger partial charge in [-0.05, 0) is 6.07 Å². The van der Waals surface area contributed by atoms with Gasteiger partial charge in [0.1, 0.15) is 0 Å². The molecule has 96 valence electrons. The Labute approximate surface area is 102 Å². The highest BCUT2D eigenvalue weighted by molar-refractivity contribution is 6.05. The fourth-order valence-corrected chi connectivity index (χ4v) is 1.12. The monoisotopic (exact) mass is 253 g/mol. The number of amides is 2. The molecule has 0 fully saturated rings. The predicted molar refractivity (Wildman–Crippen MR) is 59.3 cm³/mol. The number of imide groups is 1. The number of methoxy groups -OCH3 is 1. The van der Waals surface area contributed by atoms with E-state index < -0.39 is 17.8 Å². The average Bonchev–Trinajstić information content (AvgIpc) is 2.37. The van der Waals surface area contributed by atoms with E-state index in [1.165, 1.54) is 7.11 Å². The van der Waals surface area contributed by atoms with Crippen molar-refractivity contribution in [2.45, 2.75) is 0 Å². The molecular weight excluding hydrogens is 242 g/mol. The van der Waals surface area contributed by atoms with Crippen molar-refractivity contribution in [3.63, 3.8) is 0 Å². The lowest BCUT2D eigenvalue weighted by Crippen LogP contribution is -2.36. The predicted octanol–water partition coefficient (Wildman–Crippen LogP) is -0.996. The van der Waals surface area contributed by atoms with Gasteiger partial charge in [0.05, 0.1) is 19.2 Å². The number of carbonyl (C=O) groups excluding carboxylic acids is 2. The van der Waals surface area contributed by atoms with Crippen LogP contribution in [0.4, 0.5) is 0 Å². The number of hydrogen-bond acceptors (Lipinski definition) is 6. The van der Waals surface area contributed by atoms with Crippen LogP contribution in [0.25, 0.3) is 0 Å². The van der Waals surface area contributed by atoms with Crippen molar-refractivity contribution >= 4 is 17.8 Å². The van der Waals surface area contributed by atoms with Gasteiger partial charge in [0.25, 0.3) is 5.91 Å². The maximum Gasteiger partial charge on any atom is 0.337 e. The Bertz CT molecular complexity index is 500. The van der Waals surface area contributed by atoms with Crippen molar-refractivity contribution in [1.82, 2.24) is 10.3 Å². The van der Waals surface area contributed by atoms with Crippen molar-refractivity contribution < 1.29 is 24.2 Å². The molecule has 8 heteroatoms. The smallest absolute Gasteiger partial charge is 0.337 e. The molecule has 0 unspecified atom stereocenters. The molecule has 0 spiro atoms. The first-order chi connectivity index (χ1) is 8.49. The van der Waals surface area contributed by atoms with E-state index in [-0.39, 0.29) is 23.6 Å². The van der Waals surface area contributed by atoms with Crippen molar-refractivity contribution in [2.75, 3.05) is 13.7 Å². The summed E-state index contributed by atoms with van der Waals surface area (Å²) >= 11 is 0. The van der Waals surface area contributed by atoms with E-state index in [1.54, 1.807) is 0 Å². The molecule has 0 aliphatic heterocycles. The van der Waals surface area contributed by atoms with Gasteiger partial charge in [0.15, 0.2) is 11.4 Å². The van der Waals surface area contributed by atoms with Crippen molar-refractivity contribution in [1.29, 1.82) is 0 Å². The summed E-state index contributed by atoms with van der Waals surface area (Å²) in [7, 11) is 1.25. The molecule has 1 heterocycles. The number of nitrogens with zero attached hydrogens (tertiary/aromatic N) is 1. The maximum atomic E-state index is 11.6. The Hall–Kier alpha value is -2.48. The van der Waals surface area contributed by atoms with Crippen LogP contribution >= 0.6 is 0 Å². The minimum Gasteiger partial charge on any atom is -0.494 e. The summed E-state index contributed by atoms with van der Waals surface area (Å²) in [6.45, 7) is -0.346. The van der Waals surface area contributed by atoms with Crippen LogP contribution in [0, 0.1) is 0 Å². The first kappa shape index (κ1) is 13.6. The zero-order valence-electron chi connectivity index (χ0n) is 9.47. The first-order valence-corrected chi connectivity index (χ1v) is 4.81. The Morgan fingerprint density at radius 1 is 1.50 bits per heavy atom. The van der Waals surface area contributed by atoms with Gasteiger partial charge in [0.2, 0.25) is 5.91 Å². The van der Waals surface area contributed by atoms with E-state index in [4.69, 9.17) is 15.6 Å². The molecule has 2 amide bonds. The molecule has 1 aromatic heterocycles. The molecule has 0 aliphatic rings. The summed E-state index contributed by atoms with van der Waals surface area (Å²) in [5, 5.41) is 10.7. The Kier molecular flexibility index (Phi) is 4.33. The maximum absolute atomic E-state index is 11.6. The van der Waals surface area contributed by atoms with Crippen LogP contribution in [0.3, 0.4) is 0 Å². The highest BCUT2D eigenvalue weighted by atomic mass is 16.5. The van der Waals surface area contributed by atoms with Crippen LogP contribution < -0.4 is 15.8 Å². The SMILES string of the molecule is COc1cc(C(=O)O)cnc1C(=O)NC(=O)CN. The topological polar surface area (TPSA) is 132 Å². The van der Waals surface area contributed by atoms with Gasteiger partial charge in [-0.3, -0.25) is 14.9 Å². The van der Waals surface area contributed by atoms with Gasteiger partial charge in [-0.2, -0.15) is 0 Å². The normalized spacial score (nSPS) is 9.67. The van der Waals surface area contributed by atoms with Gasteiger partial charge in [-0.25, -0.2) is 9.78 Å². The number of carboxylic acids is 1. The Morgan fingerprint density at radius 3 is 2.67 bits per heavy atom. The number of carboxylic acid groups (broad SMARTS) is 1.